The molecule has 0 spiro atoms. The summed E-state index contributed by atoms with van der Waals surface area (Å²) in [5, 5.41) is 0.727. The first-order valence-electron chi connectivity index (χ1n) is 8.09. The third-order valence-corrected chi connectivity index (χ3v) is 6.47. The number of benzene rings is 1. The predicted molar refractivity (Wildman–Crippen MR) is 101 cm³/mol. The summed E-state index contributed by atoms with van der Waals surface area (Å²) in [5.41, 5.74) is 0.962. The van der Waals surface area contributed by atoms with Crippen LogP contribution in [0.2, 0.25) is 0 Å². The molecule has 0 amide bonds. The Hall–Kier alpha value is -1.99. The van der Waals surface area contributed by atoms with Gasteiger partial charge in [0.25, 0.3) is 5.56 Å². The zero-order chi connectivity index (χ0) is 17.6. The van der Waals surface area contributed by atoms with Gasteiger partial charge in [0.2, 0.25) is 0 Å². The van der Waals surface area contributed by atoms with Crippen molar-refractivity contribution in [3.63, 3.8) is 0 Å². The first kappa shape index (κ1) is 16.5. The number of aryl methyl sites for hydroxylation is 2. The number of hydrogen-bond acceptors (Lipinski definition) is 6. The first-order valence-corrected chi connectivity index (χ1v) is 9.79. The van der Waals surface area contributed by atoms with Gasteiger partial charge >= 0.3 is 0 Å². The summed E-state index contributed by atoms with van der Waals surface area (Å²) in [5.74, 6) is 2.24. The van der Waals surface area contributed by atoms with Gasteiger partial charge in [-0.15, -0.1) is 23.1 Å². The van der Waals surface area contributed by atoms with E-state index in [0.29, 0.717) is 24.4 Å². The lowest BCUT2D eigenvalue weighted by Gasteiger charge is -2.19. The van der Waals surface area contributed by atoms with Crippen molar-refractivity contribution in [2.45, 2.75) is 30.9 Å². The molecule has 5 nitrogen and oxygen atoms in total. The Kier molecular flexibility index (Phi) is 4.21. The van der Waals surface area contributed by atoms with Crippen LogP contribution in [0.25, 0.3) is 10.2 Å². The number of fused-ring (bicyclic) bond motifs is 2. The number of thiophene rings is 1. The predicted octanol–water partition coefficient (Wildman–Crippen LogP) is 4.23. The molecule has 1 aliphatic rings. The van der Waals surface area contributed by atoms with Crippen LogP contribution < -0.4 is 15.0 Å². The van der Waals surface area contributed by atoms with Crippen LogP contribution in [0.15, 0.2) is 27.9 Å². The maximum atomic E-state index is 12.4. The van der Waals surface area contributed by atoms with Gasteiger partial charge in [0.15, 0.2) is 11.5 Å². The summed E-state index contributed by atoms with van der Waals surface area (Å²) in [7, 11) is 0. The van der Waals surface area contributed by atoms with E-state index in [1.165, 1.54) is 0 Å². The van der Waals surface area contributed by atoms with Gasteiger partial charge in [-0.2, -0.15) is 0 Å². The molecule has 130 valence electrons. The van der Waals surface area contributed by atoms with E-state index in [-0.39, 0.29) is 10.8 Å². The second kappa shape index (κ2) is 6.38. The fourth-order valence-corrected chi connectivity index (χ4v) is 4.81. The fourth-order valence-electron chi connectivity index (χ4n) is 2.82. The van der Waals surface area contributed by atoms with Gasteiger partial charge < -0.3 is 14.5 Å². The summed E-state index contributed by atoms with van der Waals surface area (Å²) < 4.78 is 11.2. The van der Waals surface area contributed by atoms with E-state index in [2.05, 4.69) is 9.97 Å². The Morgan fingerprint density at radius 3 is 2.80 bits per heavy atom. The Labute approximate surface area is 153 Å². The van der Waals surface area contributed by atoms with E-state index >= 15 is 0 Å². The summed E-state index contributed by atoms with van der Waals surface area (Å²) in [4.78, 5) is 23.1. The number of aromatic amines is 1. The maximum Gasteiger partial charge on any atom is 0.259 e. The molecular formula is C18H18N2O3S2. The fraction of sp³-hybridized carbons (Fsp3) is 0.333. The van der Waals surface area contributed by atoms with Gasteiger partial charge in [0.1, 0.15) is 23.9 Å². The second-order valence-electron chi connectivity index (χ2n) is 5.98. The van der Waals surface area contributed by atoms with Crippen molar-refractivity contribution in [2.75, 3.05) is 13.2 Å². The molecule has 7 heteroatoms. The number of hydrogen-bond donors (Lipinski definition) is 1. The lowest BCUT2D eigenvalue weighted by molar-refractivity contribution is 0.171. The Bertz CT molecular complexity index is 1010. The minimum Gasteiger partial charge on any atom is -0.486 e. The number of rotatable bonds is 3. The molecule has 0 saturated carbocycles. The molecule has 1 aliphatic heterocycles. The molecule has 0 aliphatic carbocycles. The van der Waals surface area contributed by atoms with Crippen molar-refractivity contribution in [3.8, 4) is 11.5 Å². The Morgan fingerprint density at radius 2 is 2.00 bits per heavy atom. The second-order valence-corrected chi connectivity index (χ2v) is 8.60. The average Bonchev–Trinajstić information content (AvgIpc) is 2.89. The number of ether oxygens (including phenoxy) is 2. The lowest BCUT2D eigenvalue weighted by atomic mass is 10.2. The summed E-state index contributed by atoms with van der Waals surface area (Å²) in [6, 6.07) is 5.91. The summed E-state index contributed by atoms with van der Waals surface area (Å²) in [6.45, 7) is 7.19. The third kappa shape index (κ3) is 3.02. The summed E-state index contributed by atoms with van der Waals surface area (Å²) >= 11 is 3.21. The van der Waals surface area contributed by atoms with E-state index in [9.17, 15) is 4.79 Å². The molecule has 25 heavy (non-hydrogen) atoms. The average molecular weight is 374 g/mol. The Morgan fingerprint density at radius 1 is 1.24 bits per heavy atom. The zero-order valence-corrected chi connectivity index (χ0v) is 15.8. The molecule has 1 aromatic carbocycles. The number of H-pyrrole nitrogens is 1. The van der Waals surface area contributed by atoms with Crippen LogP contribution >= 0.6 is 23.1 Å². The highest BCUT2D eigenvalue weighted by Crippen LogP contribution is 2.39. The molecule has 1 N–H and O–H groups in total. The van der Waals surface area contributed by atoms with Crippen molar-refractivity contribution < 1.29 is 9.47 Å². The van der Waals surface area contributed by atoms with Crippen LogP contribution in [0.5, 0.6) is 11.5 Å². The highest BCUT2D eigenvalue weighted by molar-refractivity contribution is 7.99. The van der Waals surface area contributed by atoms with E-state index in [0.717, 1.165) is 31.7 Å². The molecule has 0 radical (unpaired) electrons. The first-order chi connectivity index (χ1) is 12.0. The minimum absolute atomic E-state index is 0.0161. The van der Waals surface area contributed by atoms with Crippen LogP contribution in [0.4, 0.5) is 0 Å². The number of nitrogens with one attached hydrogen (secondary N) is 1. The molecule has 0 saturated heterocycles. The molecule has 0 bridgehead atoms. The van der Waals surface area contributed by atoms with Crippen molar-refractivity contribution in [3.05, 3.63) is 44.8 Å². The van der Waals surface area contributed by atoms with Crippen LogP contribution in [0, 0.1) is 13.8 Å². The zero-order valence-electron chi connectivity index (χ0n) is 14.2. The Balaban J connectivity index is 1.64. The highest BCUT2D eigenvalue weighted by atomic mass is 32.2. The van der Waals surface area contributed by atoms with Gasteiger partial charge in [0, 0.05) is 9.77 Å². The van der Waals surface area contributed by atoms with E-state index in [4.69, 9.17) is 9.47 Å². The van der Waals surface area contributed by atoms with Crippen LogP contribution in [-0.2, 0) is 0 Å². The van der Waals surface area contributed by atoms with E-state index < -0.39 is 0 Å². The minimum atomic E-state index is -0.0588. The number of thioether (sulfide) groups is 1. The van der Waals surface area contributed by atoms with Gasteiger partial charge in [-0.25, -0.2) is 4.98 Å². The van der Waals surface area contributed by atoms with Crippen molar-refractivity contribution in [2.24, 2.45) is 0 Å². The summed E-state index contributed by atoms with van der Waals surface area (Å²) in [6.07, 6.45) is 0. The van der Waals surface area contributed by atoms with Crippen LogP contribution in [0.1, 0.15) is 28.4 Å². The topological polar surface area (TPSA) is 64.2 Å². The largest absolute Gasteiger partial charge is 0.486 e. The van der Waals surface area contributed by atoms with Gasteiger partial charge in [-0.05, 0) is 44.5 Å². The van der Waals surface area contributed by atoms with Gasteiger partial charge in [0.05, 0.1) is 10.6 Å². The molecule has 4 rings (SSSR count). The monoisotopic (exact) mass is 374 g/mol. The number of aromatic nitrogens is 2. The normalized spacial score (nSPS) is 14.7. The molecule has 3 aromatic rings. The third-order valence-electron chi connectivity index (χ3n) is 4.27. The van der Waals surface area contributed by atoms with Crippen molar-refractivity contribution in [1.29, 1.82) is 0 Å². The highest BCUT2D eigenvalue weighted by Gasteiger charge is 2.18. The van der Waals surface area contributed by atoms with E-state index in [1.54, 1.807) is 23.1 Å². The maximum absolute atomic E-state index is 12.4. The van der Waals surface area contributed by atoms with Gasteiger partial charge in [-0.1, -0.05) is 0 Å². The lowest BCUT2D eigenvalue weighted by Crippen LogP contribution is -2.15. The van der Waals surface area contributed by atoms with E-state index in [1.807, 2.05) is 39.0 Å². The molecule has 3 heterocycles. The quantitative estimate of drug-likeness (QED) is 0.695. The molecule has 2 aromatic heterocycles. The van der Waals surface area contributed by atoms with Crippen molar-refractivity contribution >= 4 is 33.3 Å². The smallest absolute Gasteiger partial charge is 0.259 e. The molecule has 1 atom stereocenters. The van der Waals surface area contributed by atoms with Crippen LogP contribution in [0.3, 0.4) is 0 Å². The van der Waals surface area contributed by atoms with Crippen LogP contribution in [-0.4, -0.2) is 23.2 Å². The molecular weight excluding hydrogens is 356 g/mol. The molecule has 0 unspecified atom stereocenters. The van der Waals surface area contributed by atoms with Gasteiger partial charge in [-0.3, -0.25) is 4.79 Å². The number of nitrogens with zero attached hydrogens (tertiary/aromatic N) is 1. The SMILES string of the molecule is Cc1sc2nc([C@H](C)Sc3ccc4c(c3)OCCO4)[nH]c(=O)c2c1C. The standard InChI is InChI=1S/C18H18N2O3S2/c1-9-10(2)25-18-15(9)17(21)19-16(20-18)11(3)24-12-4-5-13-14(8-12)23-7-6-22-13/h4-5,8,11H,6-7H2,1-3H3,(H,19,20,21)/t11-/m0/s1. The van der Waals surface area contributed by atoms with Crippen molar-refractivity contribution in [1.82, 2.24) is 9.97 Å². The molecule has 0 fully saturated rings.